The summed E-state index contributed by atoms with van der Waals surface area (Å²) in [6, 6.07) is 2.01. The average Bonchev–Trinajstić information content (AvgIpc) is 2.33. The van der Waals surface area contributed by atoms with Crippen molar-refractivity contribution in [3.05, 3.63) is 11.3 Å². The number of nitrogens with one attached hydrogen (secondary N) is 1. The number of hydrogen-bond donors (Lipinski definition) is 2. The third-order valence-electron chi connectivity index (χ3n) is 1.48. The number of aromatic nitrogens is 2. The van der Waals surface area contributed by atoms with E-state index in [4.69, 9.17) is 11.0 Å². The molecular formula is C7H10N4. The number of H-pyrrole nitrogens is 1. The number of nitrogens with zero attached hydrogens (tertiary/aromatic N) is 2. The van der Waals surface area contributed by atoms with E-state index in [1.165, 1.54) is 0 Å². The summed E-state index contributed by atoms with van der Waals surface area (Å²) in [5.41, 5.74) is 6.75. The van der Waals surface area contributed by atoms with Crippen molar-refractivity contribution in [1.82, 2.24) is 10.2 Å². The first-order chi connectivity index (χ1) is 5.29. The van der Waals surface area contributed by atoms with E-state index in [1.807, 2.05) is 13.0 Å². The van der Waals surface area contributed by atoms with Crippen LogP contribution in [0.2, 0.25) is 0 Å². The second kappa shape index (κ2) is 3.06. The van der Waals surface area contributed by atoms with Crippen molar-refractivity contribution in [1.29, 1.82) is 5.26 Å². The summed E-state index contributed by atoms with van der Waals surface area (Å²) < 4.78 is 0. The Morgan fingerprint density at radius 2 is 2.45 bits per heavy atom. The molecule has 0 aliphatic rings. The Hall–Kier alpha value is -1.50. The molecule has 3 N–H and O–H groups in total. The van der Waals surface area contributed by atoms with Crippen LogP contribution in [-0.2, 0) is 6.42 Å². The topological polar surface area (TPSA) is 78.5 Å². The SMILES string of the molecule is CCCc1[nH]nc(N)c1C#N. The molecule has 4 nitrogen and oxygen atoms in total. The first-order valence-corrected chi connectivity index (χ1v) is 3.52. The number of nitrogens with two attached hydrogens (primary N) is 1. The summed E-state index contributed by atoms with van der Waals surface area (Å²) in [5, 5.41) is 15.1. The molecule has 0 amide bonds. The summed E-state index contributed by atoms with van der Waals surface area (Å²) in [6.07, 6.45) is 1.81. The number of hydrogen-bond acceptors (Lipinski definition) is 3. The zero-order chi connectivity index (χ0) is 8.27. The normalized spacial score (nSPS) is 9.45. The van der Waals surface area contributed by atoms with E-state index < -0.39 is 0 Å². The molecule has 0 aliphatic heterocycles. The van der Waals surface area contributed by atoms with E-state index >= 15 is 0 Å². The van der Waals surface area contributed by atoms with Crippen molar-refractivity contribution in [2.24, 2.45) is 0 Å². The van der Waals surface area contributed by atoms with Crippen LogP contribution >= 0.6 is 0 Å². The zero-order valence-corrected chi connectivity index (χ0v) is 6.39. The number of aryl methyl sites for hydroxylation is 1. The van der Waals surface area contributed by atoms with Crippen molar-refractivity contribution >= 4 is 5.82 Å². The van der Waals surface area contributed by atoms with Gasteiger partial charge < -0.3 is 5.73 Å². The van der Waals surface area contributed by atoms with Crippen LogP contribution in [0.1, 0.15) is 24.6 Å². The molecule has 11 heavy (non-hydrogen) atoms. The lowest BCUT2D eigenvalue weighted by Gasteiger charge is -1.90. The number of aromatic amines is 1. The van der Waals surface area contributed by atoms with E-state index in [0.29, 0.717) is 11.4 Å². The zero-order valence-electron chi connectivity index (χ0n) is 6.39. The standard InChI is InChI=1S/C7H10N4/c1-2-3-6-5(4-8)7(9)11-10-6/h2-3H2,1H3,(H3,9,10,11). The van der Waals surface area contributed by atoms with Gasteiger partial charge in [0.05, 0.1) is 5.69 Å². The lowest BCUT2D eigenvalue weighted by Crippen LogP contribution is -1.89. The van der Waals surface area contributed by atoms with E-state index in [9.17, 15) is 0 Å². The molecule has 1 rings (SSSR count). The van der Waals surface area contributed by atoms with Crippen LogP contribution in [0.3, 0.4) is 0 Å². The summed E-state index contributed by atoms with van der Waals surface area (Å²) >= 11 is 0. The van der Waals surface area contributed by atoms with Crippen molar-refractivity contribution in [2.75, 3.05) is 5.73 Å². The molecule has 1 heterocycles. The third kappa shape index (κ3) is 1.32. The van der Waals surface area contributed by atoms with Crippen LogP contribution < -0.4 is 5.73 Å². The largest absolute Gasteiger partial charge is 0.381 e. The molecule has 1 aromatic heterocycles. The highest BCUT2D eigenvalue weighted by molar-refractivity contribution is 5.50. The molecular weight excluding hydrogens is 140 g/mol. The van der Waals surface area contributed by atoms with Crippen molar-refractivity contribution in [3.63, 3.8) is 0 Å². The van der Waals surface area contributed by atoms with Crippen LogP contribution in [0.25, 0.3) is 0 Å². The van der Waals surface area contributed by atoms with E-state index in [-0.39, 0.29) is 0 Å². The predicted octanol–water partition coefficient (Wildman–Crippen LogP) is 0.816. The van der Waals surface area contributed by atoms with Gasteiger partial charge in [-0.25, -0.2) is 0 Å². The molecule has 4 heteroatoms. The number of nitriles is 1. The minimum absolute atomic E-state index is 0.302. The molecule has 0 fully saturated rings. The van der Waals surface area contributed by atoms with Gasteiger partial charge in [-0.1, -0.05) is 13.3 Å². The van der Waals surface area contributed by atoms with Crippen LogP contribution in [-0.4, -0.2) is 10.2 Å². The summed E-state index contributed by atoms with van der Waals surface area (Å²) in [4.78, 5) is 0. The van der Waals surface area contributed by atoms with Crippen LogP contribution in [0.4, 0.5) is 5.82 Å². The molecule has 0 saturated heterocycles. The number of rotatable bonds is 2. The van der Waals surface area contributed by atoms with Gasteiger partial charge >= 0.3 is 0 Å². The highest BCUT2D eigenvalue weighted by Crippen LogP contribution is 2.12. The molecule has 0 unspecified atom stereocenters. The van der Waals surface area contributed by atoms with Gasteiger partial charge in [-0.2, -0.15) is 10.4 Å². The fourth-order valence-corrected chi connectivity index (χ4v) is 0.950. The maximum absolute atomic E-state index is 8.62. The monoisotopic (exact) mass is 150 g/mol. The molecule has 58 valence electrons. The minimum Gasteiger partial charge on any atom is -0.381 e. The Balaban J connectivity index is 2.98. The highest BCUT2D eigenvalue weighted by Gasteiger charge is 2.07. The third-order valence-corrected chi connectivity index (χ3v) is 1.48. The molecule has 0 saturated carbocycles. The average molecular weight is 150 g/mol. The van der Waals surface area contributed by atoms with E-state index in [1.54, 1.807) is 0 Å². The molecule has 0 bridgehead atoms. The van der Waals surface area contributed by atoms with Gasteiger partial charge in [0.15, 0.2) is 5.82 Å². The Bertz CT molecular complexity index is 281. The van der Waals surface area contributed by atoms with Crippen molar-refractivity contribution in [3.8, 4) is 6.07 Å². The lowest BCUT2D eigenvalue weighted by molar-refractivity contribution is 0.865. The van der Waals surface area contributed by atoms with Crippen LogP contribution in [0.15, 0.2) is 0 Å². The second-order valence-electron chi connectivity index (χ2n) is 2.32. The quantitative estimate of drug-likeness (QED) is 0.655. The lowest BCUT2D eigenvalue weighted by atomic mass is 10.2. The van der Waals surface area contributed by atoms with Gasteiger partial charge in [0, 0.05) is 0 Å². The highest BCUT2D eigenvalue weighted by atomic mass is 15.2. The van der Waals surface area contributed by atoms with Crippen molar-refractivity contribution < 1.29 is 0 Å². The molecule has 0 radical (unpaired) electrons. The maximum atomic E-state index is 8.62. The van der Waals surface area contributed by atoms with Crippen LogP contribution in [0, 0.1) is 11.3 Å². The van der Waals surface area contributed by atoms with Gasteiger partial charge in [0.25, 0.3) is 0 Å². The summed E-state index contributed by atoms with van der Waals surface area (Å²) in [5.74, 6) is 0.302. The molecule has 1 aromatic rings. The van der Waals surface area contributed by atoms with Gasteiger partial charge in [0.2, 0.25) is 0 Å². The number of nitrogen functional groups attached to an aromatic ring is 1. The van der Waals surface area contributed by atoms with Gasteiger partial charge in [-0.3, -0.25) is 5.10 Å². The summed E-state index contributed by atoms with van der Waals surface area (Å²) in [6.45, 7) is 2.04. The Morgan fingerprint density at radius 1 is 1.73 bits per heavy atom. The molecule has 0 spiro atoms. The Morgan fingerprint density at radius 3 is 3.00 bits per heavy atom. The van der Waals surface area contributed by atoms with Gasteiger partial charge in [-0.15, -0.1) is 0 Å². The fourth-order valence-electron chi connectivity index (χ4n) is 0.950. The Kier molecular flexibility index (Phi) is 2.12. The molecule has 0 aromatic carbocycles. The van der Waals surface area contributed by atoms with E-state index in [0.717, 1.165) is 18.5 Å². The Labute approximate surface area is 65.0 Å². The first-order valence-electron chi connectivity index (χ1n) is 3.52. The fraction of sp³-hybridized carbons (Fsp3) is 0.429. The molecule has 0 atom stereocenters. The molecule has 0 aliphatic carbocycles. The minimum atomic E-state index is 0.302. The maximum Gasteiger partial charge on any atom is 0.163 e. The second-order valence-corrected chi connectivity index (χ2v) is 2.32. The summed E-state index contributed by atoms with van der Waals surface area (Å²) in [7, 11) is 0. The smallest absolute Gasteiger partial charge is 0.163 e. The van der Waals surface area contributed by atoms with Gasteiger partial charge in [0.1, 0.15) is 11.6 Å². The first kappa shape index (κ1) is 7.61. The predicted molar refractivity (Wildman–Crippen MR) is 41.7 cm³/mol. The van der Waals surface area contributed by atoms with Crippen molar-refractivity contribution in [2.45, 2.75) is 19.8 Å². The van der Waals surface area contributed by atoms with E-state index in [2.05, 4.69) is 10.2 Å². The number of anilines is 1. The van der Waals surface area contributed by atoms with Crippen LogP contribution in [0.5, 0.6) is 0 Å². The van der Waals surface area contributed by atoms with Gasteiger partial charge in [-0.05, 0) is 6.42 Å².